The molecule has 3 heteroatoms. The molecular weight excluding hydrogens is 224 g/mol. The number of hydrogen-bond acceptors (Lipinski definition) is 2. The Morgan fingerprint density at radius 3 is 2.50 bits per heavy atom. The van der Waals surface area contributed by atoms with Gasteiger partial charge in [-0.25, -0.2) is 0 Å². The second-order valence-corrected chi connectivity index (χ2v) is 4.36. The van der Waals surface area contributed by atoms with Crippen LogP contribution in [0.4, 0.5) is 0 Å². The smallest absolute Gasteiger partial charge is 0.273 e. The molecule has 18 heavy (non-hydrogen) atoms. The average molecular weight is 238 g/mol. The molecule has 2 aromatic rings. The number of rotatable bonds is 1. The second kappa shape index (κ2) is 4.50. The summed E-state index contributed by atoms with van der Waals surface area (Å²) in [5.41, 5.74) is 3.76. The van der Waals surface area contributed by atoms with Gasteiger partial charge in [0.05, 0.1) is 5.69 Å². The van der Waals surface area contributed by atoms with Gasteiger partial charge in [-0.15, -0.1) is 0 Å². The van der Waals surface area contributed by atoms with Gasteiger partial charge in [-0.3, -0.25) is 9.36 Å². The Kier molecular flexibility index (Phi) is 3.03. The van der Waals surface area contributed by atoms with Crippen LogP contribution in [0.3, 0.4) is 0 Å². The van der Waals surface area contributed by atoms with Crippen LogP contribution in [0.15, 0.2) is 35.1 Å². The SMILES string of the molecule is Cc1cccc(-n2c(C)ccc(C#N)c2=O)c1C. The largest absolute Gasteiger partial charge is 0.280 e. The lowest BCUT2D eigenvalue weighted by Crippen LogP contribution is -2.23. The van der Waals surface area contributed by atoms with Crippen LogP contribution in [0.2, 0.25) is 0 Å². The number of nitriles is 1. The van der Waals surface area contributed by atoms with Crippen LogP contribution in [-0.2, 0) is 0 Å². The molecular formula is C15H14N2O. The molecule has 1 aromatic heterocycles. The van der Waals surface area contributed by atoms with Gasteiger partial charge in [0, 0.05) is 5.69 Å². The first kappa shape index (κ1) is 12.1. The molecule has 0 unspecified atom stereocenters. The van der Waals surface area contributed by atoms with Crippen molar-refractivity contribution in [1.29, 1.82) is 5.26 Å². The fraction of sp³-hybridized carbons (Fsp3) is 0.200. The lowest BCUT2D eigenvalue weighted by molar-refractivity contribution is 0.916. The molecule has 90 valence electrons. The van der Waals surface area contributed by atoms with Crippen molar-refractivity contribution in [3.8, 4) is 11.8 Å². The summed E-state index contributed by atoms with van der Waals surface area (Å²) in [5, 5.41) is 8.94. The zero-order chi connectivity index (χ0) is 13.3. The first-order valence-corrected chi connectivity index (χ1v) is 5.75. The van der Waals surface area contributed by atoms with Crippen molar-refractivity contribution in [2.45, 2.75) is 20.8 Å². The van der Waals surface area contributed by atoms with E-state index < -0.39 is 0 Å². The van der Waals surface area contributed by atoms with Crippen LogP contribution in [0.5, 0.6) is 0 Å². The number of nitrogens with zero attached hydrogens (tertiary/aromatic N) is 2. The Morgan fingerprint density at radius 1 is 1.11 bits per heavy atom. The van der Waals surface area contributed by atoms with E-state index in [1.807, 2.05) is 45.0 Å². The standard InChI is InChI=1S/C15H14N2O/c1-10-5-4-6-14(12(10)3)17-11(2)7-8-13(9-16)15(17)18/h4-8H,1-3H3. The minimum atomic E-state index is -0.258. The quantitative estimate of drug-likeness (QED) is 0.766. The van der Waals surface area contributed by atoms with Crippen LogP contribution in [0, 0.1) is 32.1 Å². The highest BCUT2D eigenvalue weighted by atomic mass is 16.1. The van der Waals surface area contributed by atoms with Crippen molar-refractivity contribution >= 4 is 0 Å². The molecule has 0 N–H and O–H groups in total. The molecule has 0 bridgehead atoms. The van der Waals surface area contributed by atoms with E-state index in [1.165, 1.54) is 0 Å². The van der Waals surface area contributed by atoms with Crippen LogP contribution in [-0.4, -0.2) is 4.57 Å². The normalized spacial score (nSPS) is 10.1. The van der Waals surface area contributed by atoms with Crippen molar-refractivity contribution in [2.75, 3.05) is 0 Å². The van der Waals surface area contributed by atoms with Gasteiger partial charge in [0.1, 0.15) is 11.6 Å². The Bertz CT molecular complexity index is 705. The van der Waals surface area contributed by atoms with Gasteiger partial charge < -0.3 is 0 Å². The van der Waals surface area contributed by atoms with Crippen LogP contribution < -0.4 is 5.56 Å². The first-order chi connectivity index (χ1) is 8.56. The first-order valence-electron chi connectivity index (χ1n) is 5.75. The highest BCUT2D eigenvalue weighted by Crippen LogP contribution is 2.17. The molecule has 1 heterocycles. The molecule has 3 nitrogen and oxygen atoms in total. The molecule has 0 aliphatic carbocycles. The molecule has 0 aliphatic heterocycles. The van der Waals surface area contributed by atoms with Gasteiger partial charge in [-0.1, -0.05) is 12.1 Å². The Balaban J connectivity index is 2.84. The molecule has 0 radical (unpaired) electrons. The van der Waals surface area contributed by atoms with Crippen molar-refractivity contribution in [3.63, 3.8) is 0 Å². The van der Waals surface area contributed by atoms with E-state index in [2.05, 4.69) is 0 Å². The van der Waals surface area contributed by atoms with Gasteiger partial charge in [-0.05, 0) is 50.1 Å². The summed E-state index contributed by atoms with van der Waals surface area (Å²) >= 11 is 0. The van der Waals surface area contributed by atoms with Gasteiger partial charge >= 0.3 is 0 Å². The van der Waals surface area contributed by atoms with E-state index in [0.29, 0.717) is 0 Å². The highest BCUT2D eigenvalue weighted by Gasteiger charge is 2.10. The number of pyridine rings is 1. The predicted octanol–water partition coefficient (Wildman–Crippen LogP) is 2.63. The predicted molar refractivity (Wildman–Crippen MR) is 71.0 cm³/mol. The molecule has 0 amide bonds. The zero-order valence-corrected chi connectivity index (χ0v) is 10.7. The fourth-order valence-electron chi connectivity index (χ4n) is 1.99. The third kappa shape index (κ3) is 1.82. The molecule has 0 saturated carbocycles. The molecule has 0 aliphatic rings. The Morgan fingerprint density at radius 2 is 1.83 bits per heavy atom. The number of aryl methyl sites for hydroxylation is 2. The third-order valence-electron chi connectivity index (χ3n) is 3.21. The van der Waals surface area contributed by atoms with Crippen molar-refractivity contribution < 1.29 is 0 Å². The topological polar surface area (TPSA) is 45.8 Å². The lowest BCUT2D eigenvalue weighted by Gasteiger charge is -2.14. The summed E-state index contributed by atoms with van der Waals surface area (Å²) < 4.78 is 1.60. The van der Waals surface area contributed by atoms with Crippen LogP contribution in [0.1, 0.15) is 22.4 Å². The highest BCUT2D eigenvalue weighted by molar-refractivity contribution is 5.47. The van der Waals surface area contributed by atoms with Gasteiger partial charge in [0.25, 0.3) is 5.56 Å². The minimum Gasteiger partial charge on any atom is -0.280 e. The third-order valence-corrected chi connectivity index (χ3v) is 3.21. The number of benzene rings is 1. The lowest BCUT2D eigenvalue weighted by atomic mass is 10.1. The molecule has 1 aromatic carbocycles. The van der Waals surface area contributed by atoms with Gasteiger partial charge in [0.15, 0.2) is 0 Å². The van der Waals surface area contributed by atoms with E-state index >= 15 is 0 Å². The maximum Gasteiger partial charge on any atom is 0.273 e. The Hall–Kier alpha value is -2.34. The summed E-state index contributed by atoms with van der Waals surface area (Å²) in [6.07, 6.45) is 0. The summed E-state index contributed by atoms with van der Waals surface area (Å²) in [6, 6.07) is 11.1. The zero-order valence-electron chi connectivity index (χ0n) is 10.7. The van der Waals surface area contributed by atoms with Crippen LogP contribution in [0.25, 0.3) is 5.69 Å². The summed E-state index contributed by atoms with van der Waals surface area (Å²) in [4.78, 5) is 12.2. The average Bonchev–Trinajstić information content (AvgIpc) is 2.35. The van der Waals surface area contributed by atoms with E-state index in [4.69, 9.17) is 5.26 Å². The minimum absolute atomic E-state index is 0.168. The Labute approximate surface area is 106 Å². The van der Waals surface area contributed by atoms with E-state index in [9.17, 15) is 4.79 Å². The van der Waals surface area contributed by atoms with E-state index in [-0.39, 0.29) is 11.1 Å². The van der Waals surface area contributed by atoms with E-state index in [1.54, 1.807) is 16.7 Å². The molecule has 0 saturated heterocycles. The van der Waals surface area contributed by atoms with E-state index in [0.717, 1.165) is 22.5 Å². The molecule has 0 spiro atoms. The number of aromatic nitrogens is 1. The maximum absolute atomic E-state index is 12.2. The summed E-state index contributed by atoms with van der Waals surface area (Å²) in [5.74, 6) is 0. The van der Waals surface area contributed by atoms with Crippen LogP contribution >= 0.6 is 0 Å². The van der Waals surface area contributed by atoms with Crippen molar-refractivity contribution in [3.05, 3.63) is 63.1 Å². The van der Waals surface area contributed by atoms with Gasteiger partial charge in [-0.2, -0.15) is 5.26 Å². The van der Waals surface area contributed by atoms with Crippen molar-refractivity contribution in [2.24, 2.45) is 0 Å². The monoisotopic (exact) mass is 238 g/mol. The molecule has 0 fully saturated rings. The second-order valence-electron chi connectivity index (χ2n) is 4.36. The van der Waals surface area contributed by atoms with Crippen molar-refractivity contribution in [1.82, 2.24) is 4.57 Å². The maximum atomic E-state index is 12.2. The number of hydrogen-bond donors (Lipinski definition) is 0. The van der Waals surface area contributed by atoms with Gasteiger partial charge in [0.2, 0.25) is 0 Å². The summed E-state index contributed by atoms with van der Waals surface area (Å²) in [6.45, 7) is 5.85. The molecule has 0 atom stereocenters. The summed E-state index contributed by atoms with van der Waals surface area (Å²) in [7, 11) is 0. The molecule has 2 rings (SSSR count). The fourth-order valence-corrected chi connectivity index (χ4v) is 1.99.